The molecule has 1 amide bonds. The first-order valence-corrected chi connectivity index (χ1v) is 9.26. The summed E-state index contributed by atoms with van der Waals surface area (Å²) in [6.45, 7) is 6.37. The molecule has 0 spiro atoms. The standard InChI is InChI=1S/C21H27N3O/c1-16(2)18-9-5-6-10-19(18)23-21(25)20-15-17(11-12-22-20)24-13-7-3-4-8-14-24/h5-6,9-12,15-16H,3-4,7-8,13-14H2,1-2H3,(H,23,25). The Morgan fingerprint density at radius 3 is 2.52 bits per heavy atom. The van der Waals surface area contributed by atoms with Crippen molar-refractivity contribution < 1.29 is 4.79 Å². The molecule has 1 aliphatic rings. The minimum absolute atomic E-state index is 0.148. The lowest BCUT2D eigenvalue weighted by Gasteiger charge is -2.22. The van der Waals surface area contributed by atoms with Crippen LogP contribution >= 0.6 is 0 Å². The molecular formula is C21H27N3O. The number of hydrogen-bond donors (Lipinski definition) is 1. The number of aromatic nitrogens is 1. The highest BCUT2D eigenvalue weighted by Crippen LogP contribution is 2.25. The van der Waals surface area contributed by atoms with E-state index in [0.29, 0.717) is 11.6 Å². The Labute approximate surface area is 150 Å². The minimum Gasteiger partial charge on any atom is -0.371 e. The molecular weight excluding hydrogens is 310 g/mol. The van der Waals surface area contributed by atoms with E-state index in [9.17, 15) is 4.79 Å². The molecule has 0 radical (unpaired) electrons. The summed E-state index contributed by atoms with van der Waals surface area (Å²) < 4.78 is 0. The molecule has 2 aromatic rings. The normalized spacial score (nSPS) is 15.1. The molecule has 132 valence electrons. The van der Waals surface area contributed by atoms with Gasteiger partial charge in [-0.3, -0.25) is 9.78 Å². The van der Waals surface area contributed by atoms with Crippen LogP contribution in [0.1, 0.15) is 61.5 Å². The van der Waals surface area contributed by atoms with E-state index in [4.69, 9.17) is 0 Å². The molecule has 1 saturated heterocycles. The fraction of sp³-hybridized carbons (Fsp3) is 0.429. The first-order chi connectivity index (χ1) is 12.1. The van der Waals surface area contributed by atoms with E-state index in [2.05, 4.69) is 35.1 Å². The van der Waals surface area contributed by atoms with Crippen LogP contribution in [-0.4, -0.2) is 24.0 Å². The van der Waals surface area contributed by atoms with Crippen molar-refractivity contribution in [2.75, 3.05) is 23.3 Å². The van der Waals surface area contributed by atoms with Crippen molar-refractivity contribution in [2.45, 2.75) is 45.4 Å². The van der Waals surface area contributed by atoms with Crippen LogP contribution in [0, 0.1) is 0 Å². The lowest BCUT2D eigenvalue weighted by atomic mass is 10.0. The number of pyridine rings is 1. The van der Waals surface area contributed by atoms with Crippen LogP contribution in [0.2, 0.25) is 0 Å². The second kappa shape index (κ2) is 8.15. The van der Waals surface area contributed by atoms with Crippen LogP contribution < -0.4 is 10.2 Å². The molecule has 0 atom stereocenters. The van der Waals surface area contributed by atoms with Crippen LogP contribution in [0.4, 0.5) is 11.4 Å². The number of benzene rings is 1. The quantitative estimate of drug-likeness (QED) is 0.868. The van der Waals surface area contributed by atoms with Crippen molar-refractivity contribution in [3.05, 3.63) is 53.9 Å². The molecule has 0 bridgehead atoms. The molecule has 0 aliphatic carbocycles. The van der Waals surface area contributed by atoms with Gasteiger partial charge >= 0.3 is 0 Å². The molecule has 1 N–H and O–H groups in total. The molecule has 4 heteroatoms. The fourth-order valence-electron chi connectivity index (χ4n) is 3.37. The zero-order valence-electron chi connectivity index (χ0n) is 15.2. The van der Waals surface area contributed by atoms with Crippen molar-refractivity contribution >= 4 is 17.3 Å². The van der Waals surface area contributed by atoms with Gasteiger partial charge in [0.05, 0.1) is 0 Å². The van der Waals surface area contributed by atoms with Crippen LogP contribution in [0.5, 0.6) is 0 Å². The second-order valence-electron chi connectivity index (χ2n) is 7.00. The molecule has 1 aromatic heterocycles. The Hall–Kier alpha value is -2.36. The predicted octanol–water partition coefficient (Wildman–Crippen LogP) is 4.84. The van der Waals surface area contributed by atoms with Crippen molar-refractivity contribution in [3.63, 3.8) is 0 Å². The smallest absolute Gasteiger partial charge is 0.274 e. The molecule has 1 aliphatic heterocycles. The summed E-state index contributed by atoms with van der Waals surface area (Å²) in [6, 6.07) is 11.9. The van der Waals surface area contributed by atoms with Gasteiger partial charge in [-0.15, -0.1) is 0 Å². The van der Waals surface area contributed by atoms with Crippen molar-refractivity contribution in [1.82, 2.24) is 4.98 Å². The van der Waals surface area contributed by atoms with E-state index in [-0.39, 0.29) is 5.91 Å². The van der Waals surface area contributed by atoms with Crippen LogP contribution in [-0.2, 0) is 0 Å². The number of anilines is 2. The Bertz CT molecular complexity index is 719. The molecule has 25 heavy (non-hydrogen) atoms. The summed E-state index contributed by atoms with van der Waals surface area (Å²) in [5, 5.41) is 3.03. The number of amides is 1. The summed E-state index contributed by atoms with van der Waals surface area (Å²) in [6.07, 6.45) is 6.75. The maximum absolute atomic E-state index is 12.7. The Morgan fingerprint density at radius 1 is 1.08 bits per heavy atom. The highest BCUT2D eigenvalue weighted by molar-refractivity contribution is 6.03. The lowest BCUT2D eigenvalue weighted by Crippen LogP contribution is -2.24. The molecule has 0 unspecified atom stereocenters. The first kappa shape index (κ1) is 17.5. The van der Waals surface area contributed by atoms with Crippen LogP contribution in [0.25, 0.3) is 0 Å². The molecule has 3 rings (SSSR count). The number of carbonyl (C=O) groups excluding carboxylic acids is 1. The number of rotatable bonds is 4. The van der Waals surface area contributed by atoms with Gasteiger partial charge in [-0.25, -0.2) is 0 Å². The molecule has 1 aromatic carbocycles. The average Bonchev–Trinajstić information content (AvgIpc) is 2.91. The molecule has 1 fully saturated rings. The van der Waals surface area contributed by atoms with Crippen LogP contribution in [0.3, 0.4) is 0 Å². The number of hydrogen-bond acceptors (Lipinski definition) is 3. The maximum atomic E-state index is 12.7. The highest BCUT2D eigenvalue weighted by atomic mass is 16.1. The zero-order valence-corrected chi connectivity index (χ0v) is 15.2. The molecule has 0 saturated carbocycles. The van der Waals surface area contributed by atoms with E-state index in [1.165, 1.54) is 25.7 Å². The summed E-state index contributed by atoms with van der Waals surface area (Å²) in [5.41, 5.74) is 3.57. The highest BCUT2D eigenvalue weighted by Gasteiger charge is 2.15. The Balaban J connectivity index is 1.78. The van der Waals surface area contributed by atoms with E-state index in [0.717, 1.165) is 30.0 Å². The van der Waals surface area contributed by atoms with E-state index in [1.807, 2.05) is 30.3 Å². The van der Waals surface area contributed by atoms with Gasteiger partial charge in [-0.1, -0.05) is 44.9 Å². The van der Waals surface area contributed by atoms with E-state index in [1.54, 1.807) is 6.20 Å². The van der Waals surface area contributed by atoms with E-state index >= 15 is 0 Å². The van der Waals surface area contributed by atoms with Crippen molar-refractivity contribution in [3.8, 4) is 0 Å². The minimum atomic E-state index is -0.148. The van der Waals surface area contributed by atoms with Gasteiger partial charge < -0.3 is 10.2 Å². The number of nitrogens with zero attached hydrogens (tertiary/aromatic N) is 2. The monoisotopic (exact) mass is 337 g/mol. The summed E-state index contributed by atoms with van der Waals surface area (Å²) in [4.78, 5) is 19.4. The van der Waals surface area contributed by atoms with Gasteiger partial charge in [0.25, 0.3) is 5.91 Å². The summed E-state index contributed by atoms with van der Waals surface area (Å²) in [5.74, 6) is 0.206. The van der Waals surface area contributed by atoms with Gasteiger partial charge in [0.15, 0.2) is 0 Å². The van der Waals surface area contributed by atoms with Crippen molar-refractivity contribution in [2.24, 2.45) is 0 Å². The maximum Gasteiger partial charge on any atom is 0.274 e. The van der Waals surface area contributed by atoms with E-state index < -0.39 is 0 Å². The summed E-state index contributed by atoms with van der Waals surface area (Å²) in [7, 11) is 0. The van der Waals surface area contributed by atoms with Gasteiger partial charge in [0.1, 0.15) is 5.69 Å². The van der Waals surface area contributed by atoms with Gasteiger partial charge in [0.2, 0.25) is 0 Å². The Morgan fingerprint density at radius 2 is 1.80 bits per heavy atom. The van der Waals surface area contributed by atoms with Gasteiger partial charge in [-0.05, 0) is 42.5 Å². The number of para-hydroxylation sites is 1. The Kier molecular flexibility index (Phi) is 5.69. The number of nitrogens with one attached hydrogen (secondary N) is 1. The van der Waals surface area contributed by atoms with Gasteiger partial charge in [-0.2, -0.15) is 0 Å². The fourth-order valence-corrected chi connectivity index (χ4v) is 3.37. The lowest BCUT2D eigenvalue weighted by molar-refractivity contribution is 0.102. The van der Waals surface area contributed by atoms with Gasteiger partial charge in [0, 0.05) is 30.7 Å². The third-order valence-electron chi connectivity index (χ3n) is 4.78. The molecule has 4 nitrogen and oxygen atoms in total. The largest absolute Gasteiger partial charge is 0.371 e. The second-order valence-corrected chi connectivity index (χ2v) is 7.00. The third-order valence-corrected chi connectivity index (χ3v) is 4.78. The average molecular weight is 337 g/mol. The van der Waals surface area contributed by atoms with Crippen LogP contribution in [0.15, 0.2) is 42.6 Å². The van der Waals surface area contributed by atoms with Crippen molar-refractivity contribution in [1.29, 1.82) is 0 Å². The summed E-state index contributed by atoms with van der Waals surface area (Å²) >= 11 is 0. The SMILES string of the molecule is CC(C)c1ccccc1NC(=O)c1cc(N2CCCCCC2)ccn1. The topological polar surface area (TPSA) is 45.2 Å². The first-order valence-electron chi connectivity index (χ1n) is 9.26. The third kappa shape index (κ3) is 4.38. The zero-order chi connectivity index (χ0) is 17.6. The predicted molar refractivity (Wildman–Crippen MR) is 103 cm³/mol. The molecule has 2 heterocycles. The number of carbonyl (C=O) groups is 1.